The summed E-state index contributed by atoms with van der Waals surface area (Å²) in [6.45, 7) is 4.18. The standard InChI is InChI=1S/C30H28N2/c1-23-3-7-27(8-4-23)21-31-29-17-13-25(14-18-29)11-12-26-15-19-30(20-16-26)32-22-28-9-5-24(2)6-10-28/h3-10,13-22H,11-12H2,1-2H3/b31-21+,32-22+. The highest BCUT2D eigenvalue weighted by atomic mass is 14.7. The molecule has 0 amide bonds. The Morgan fingerprint density at radius 2 is 0.812 bits per heavy atom. The molecule has 0 aliphatic heterocycles. The van der Waals surface area contributed by atoms with Gasteiger partial charge in [-0.2, -0.15) is 0 Å². The Balaban J connectivity index is 1.29. The van der Waals surface area contributed by atoms with Crippen LogP contribution in [0.5, 0.6) is 0 Å². The van der Waals surface area contributed by atoms with Crippen LogP contribution in [0.3, 0.4) is 0 Å². The van der Waals surface area contributed by atoms with Crippen LogP contribution >= 0.6 is 0 Å². The summed E-state index contributed by atoms with van der Waals surface area (Å²) < 4.78 is 0. The summed E-state index contributed by atoms with van der Waals surface area (Å²) in [5.74, 6) is 0. The molecule has 0 unspecified atom stereocenters. The highest BCUT2D eigenvalue weighted by Crippen LogP contribution is 2.17. The van der Waals surface area contributed by atoms with Crippen molar-refractivity contribution < 1.29 is 0 Å². The van der Waals surface area contributed by atoms with E-state index in [9.17, 15) is 0 Å². The molecule has 2 heteroatoms. The number of aryl methyl sites for hydroxylation is 4. The zero-order chi connectivity index (χ0) is 22.2. The van der Waals surface area contributed by atoms with Gasteiger partial charge in [0.15, 0.2) is 0 Å². The van der Waals surface area contributed by atoms with E-state index < -0.39 is 0 Å². The minimum absolute atomic E-state index is 0.977. The molecule has 0 fully saturated rings. The quantitative estimate of drug-likeness (QED) is 0.277. The van der Waals surface area contributed by atoms with E-state index in [0.29, 0.717) is 0 Å². The average Bonchev–Trinajstić information content (AvgIpc) is 2.83. The van der Waals surface area contributed by atoms with Crippen molar-refractivity contribution in [2.75, 3.05) is 0 Å². The molecule has 0 N–H and O–H groups in total. The fourth-order valence-corrected chi connectivity index (χ4v) is 3.39. The van der Waals surface area contributed by atoms with Crippen LogP contribution in [0.1, 0.15) is 33.4 Å². The molecular weight excluding hydrogens is 388 g/mol. The first-order valence-electron chi connectivity index (χ1n) is 11.0. The summed E-state index contributed by atoms with van der Waals surface area (Å²) >= 11 is 0. The lowest BCUT2D eigenvalue weighted by molar-refractivity contribution is 0.960. The highest BCUT2D eigenvalue weighted by molar-refractivity contribution is 5.82. The molecule has 0 heterocycles. The summed E-state index contributed by atoms with van der Waals surface area (Å²) in [6.07, 6.45) is 5.84. The van der Waals surface area contributed by atoms with E-state index in [-0.39, 0.29) is 0 Å². The fourth-order valence-electron chi connectivity index (χ4n) is 3.39. The van der Waals surface area contributed by atoms with Crippen molar-refractivity contribution in [3.63, 3.8) is 0 Å². The third-order valence-corrected chi connectivity index (χ3v) is 5.46. The number of nitrogens with zero attached hydrogens (tertiary/aromatic N) is 2. The molecule has 32 heavy (non-hydrogen) atoms. The average molecular weight is 417 g/mol. The van der Waals surface area contributed by atoms with Crippen molar-refractivity contribution in [1.29, 1.82) is 0 Å². The summed E-state index contributed by atoms with van der Waals surface area (Å²) in [7, 11) is 0. The lowest BCUT2D eigenvalue weighted by Gasteiger charge is -2.04. The Bertz CT molecular complexity index is 1080. The zero-order valence-electron chi connectivity index (χ0n) is 18.7. The van der Waals surface area contributed by atoms with Crippen molar-refractivity contribution >= 4 is 23.8 Å². The first-order valence-corrected chi connectivity index (χ1v) is 11.0. The predicted octanol–water partition coefficient (Wildman–Crippen LogP) is 7.59. The Morgan fingerprint density at radius 1 is 0.469 bits per heavy atom. The van der Waals surface area contributed by atoms with Crippen LogP contribution in [0, 0.1) is 13.8 Å². The minimum Gasteiger partial charge on any atom is -0.256 e. The van der Waals surface area contributed by atoms with Crippen LogP contribution in [-0.2, 0) is 12.8 Å². The summed E-state index contributed by atoms with van der Waals surface area (Å²) in [5, 5.41) is 0. The van der Waals surface area contributed by atoms with E-state index in [1.165, 1.54) is 22.3 Å². The lowest BCUT2D eigenvalue weighted by atomic mass is 10.0. The van der Waals surface area contributed by atoms with E-state index in [1.807, 2.05) is 12.4 Å². The number of rotatable bonds is 7. The van der Waals surface area contributed by atoms with E-state index >= 15 is 0 Å². The fraction of sp³-hybridized carbons (Fsp3) is 0.133. The maximum absolute atomic E-state index is 4.58. The first-order chi connectivity index (χ1) is 15.6. The maximum atomic E-state index is 4.58. The normalized spacial score (nSPS) is 11.4. The summed E-state index contributed by atoms with van der Waals surface area (Å²) in [6, 6.07) is 33.8. The first kappa shape index (κ1) is 21.5. The van der Waals surface area contributed by atoms with Crippen LogP contribution < -0.4 is 0 Å². The maximum Gasteiger partial charge on any atom is 0.0630 e. The Hall–Kier alpha value is -3.78. The van der Waals surface area contributed by atoms with Crippen LogP contribution in [0.25, 0.3) is 0 Å². The third-order valence-electron chi connectivity index (χ3n) is 5.46. The third kappa shape index (κ3) is 6.36. The second-order valence-electron chi connectivity index (χ2n) is 8.17. The highest BCUT2D eigenvalue weighted by Gasteiger charge is 1.98. The van der Waals surface area contributed by atoms with Gasteiger partial charge in [-0.05, 0) is 73.2 Å². The SMILES string of the molecule is Cc1ccc(/C=N/c2ccc(CCc3ccc(/N=C/c4ccc(C)cc4)cc3)cc2)cc1. The zero-order valence-corrected chi connectivity index (χ0v) is 18.7. The molecule has 0 saturated carbocycles. The van der Waals surface area contributed by atoms with Gasteiger partial charge in [0.2, 0.25) is 0 Å². The van der Waals surface area contributed by atoms with Gasteiger partial charge >= 0.3 is 0 Å². The predicted molar refractivity (Wildman–Crippen MR) is 137 cm³/mol. The Kier molecular flexibility index (Phi) is 7.04. The molecule has 4 aromatic rings. The van der Waals surface area contributed by atoms with Crippen molar-refractivity contribution in [1.82, 2.24) is 0 Å². The van der Waals surface area contributed by atoms with Gasteiger partial charge in [0.1, 0.15) is 0 Å². The van der Waals surface area contributed by atoms with E-state index in [1.54, 1.807) is 0 Å². The van der Waals surface area contributed by atoms with Gasteiger partial charge in [0.05, 0.1) is 11.4 Å². The largest absolute Gasteiger partial charge is 0.256 e. The molecule has 0 spiro atoms. The molecule has 0 saturated heterocycles. The van der Waals surface area contributed by atoms with Crippen molar-refractivity contribution in [3.8, 4) is 0 Å². The molecule has 0 radical (unpaired) electrons. The molecule has 4 rings (SSSR count). The van der Waals surface area contributed by atoms with E-state index in [0.717, 1.165) is 35.3 Å². The Morgan fingerprint density at radius 3 is 1.16 bits per heavy atom. The van der Waals surface area contributed by atoms with Gasteiger partial charge in [-0.15, -0.1) is 0 Å². The summed E-state index contributed by atoms with van der Waals surface area (Å²) in [5.41, 5.74) is 9.35. The number of aliphatic imine (C=N–C) groups is 2. The number of hydrogen-bond acceptors (Lipinski definition) is 2. The molecule has 158 valence electrons. The van der Waals surface area contributed by atoms with Crippen molar-refractivity contribution in [2.24, 2.45) is 9.98 Å². The number of hydrogen-bond donors (Lipinski definition) is 0. The van der Waals surface area contributed by atoms with Crippen LogP contribution in [-0.4, -0.2) is 12.4 Å². The lowest BCUT2D eigenvalue weighted by Crippen LogP contribution is -1.90. The molecule has 0 atom stereocenters. The second-order valence-corrected chi connectivity index (χ2v) is 8.17. The molecule has 2 nitrogen and oxygen atoms in total. The monoisotopic (exact) mass is 416 g/mol. The molecule has 4 aromatic carbocycles. The van der Waals surface area contributed by atoms with E-state index in [2.05, 4.69) is 121 Å². The van der Waals surface area contributed by atoms with Gasteiger partial charge in [-0.25, -0.2) is 0 Å². The summed E-state index contributed by atoms with van der Waals surface area (Å²) in [4.78, 5) is 9.16. The minimum atomic E-state index is 0.977. The van der Waals surface area contributed by atoms with Crippen LogP contribution in [0.2, 0.25) is 0 Å². The van der Waals surface area contributed by atoms with E-state index in [4.69, 9.17) is 0 Å². The van der Waals surface area contributed by atoms with Gasteiger partial charge in [0.25, 0.3) is 0 Å². The molecule has 0 aromatic heterocycles. The van der Waals surface area contributed by atoms with Gasteiger partial charge < -0.3 is 0 Å². The van der Waals surface area contributed by atoms with Gasteiger partial charge in [-0.1, -0.05) is 83.9 Å². The number of benzene rings is 4. The van der Waals surface area contributed by atoms with Gasteiger partial charge in [0, 0.05) is 12.4 Å². The molecule has 0 aliphatic rings. The van der Waals surface area contributed by atoms with Crippen molar-refractivity contribution in [3.05, 3.63) is 130 Å². The molecule has 0 aliphatic carbocycles. The second kappa shape index (κ2) is 10.5. The molecule has 0 bridgehead atoms. The van der Waals surface area contributed by atoms with Crippen LogP contribution in [0.4, 0.5) is 11.4 Å². The van der Waals surface area contributed by atoms with Crippen LogP contribution in [0.15, 0.2) is 107 Å². The Labute approximate surface area is 191 Å². The smallest absolute Gasteiger partial charge is 0.0630 e. The topological polar surface area (TPSA) is 24.7 Å². The molecular formula is C30H28N2. The van der Waals surface area contributed by atoms with Crippen molar-refractivity contribution in [2.45, 2.75) is 26.7 Å². The van der Waals surface area contributed by atoms with Gasteiger partial charge in [-0.3, -0.25) is 9.98 Å².